The smallest absolute Gasteiger partial charge is 0.229 e. The van der Waals surface area contributed by atoms with E-state index in [4.69, 9.17) is 14.5 Å². The van der Waals surface area contributed by atoms with Gasteiger partial charge < -0.3 is 24.7 Å². The molecular formula is C25H25F2IN6O3. The third-order valence-electron chi connectivity index (χ3n) is 8.29. The van der Waals surface area contributed by atoms with Crippen LogP contribution in [0.15, 0.2) is 24.5 Å². The number of amides is 1. The molecule has 37 heavy (non-hydrogen) atoms. The van der Waals surface area contributed by atoms with E-state index in [1.165, 1.54) is 6.07 Å². The Hall–Kier alpha value is -2.45. The molecule has 1 aliphatic heterocycles. The lowest BCUT2D eigenvalue weighted by Gasteiger charge is -2.24. The summed E-state index contributed by atoms with van der Waals surface area (Å²) in [6, 6.07) is 3.90. The third-order valence-corrected chi connectivity index (χ3v) is 8.78. The summed E-state index contributed by atoms with van der Waals surface area (Å²) in [5.41, 5.74) is 1.40. The van der Waals surface area contributed by atoms with Crippen molar-refractivity contribution in [3.63, 3.8) is 0 Å². The number of imidazole rings is 1. The van der Waals surface area contributed by atoms with Gasteiger partial charge in [-0.3, -0.25) is 4.79 Å². The van der Waals surface area contributed by atoms with Gasteiger partial charge in [-0.05, 0) is 44.4 Å². The van der Waals surface area contributed by atoms with Crippen LogP contribution in [0.2, 0.25) is 0 Å². The summed E-state index contributed by atoms with van der Waals surface area (Å²) >= 11 is 2.08. The number of nitrogens with zero attached hydrogens (tertiary/aromatic N) is 4. The van der Waals surface area contributed by atoms with Crippen molar-refractivity contribution in [1.29, 1.82) is 0 Å². The highest BCUT2D eigenvalue weighted by atomic mass is 127. The van der Waals surface area contributed by atoms with Gasteiger partial charge in [-0.25, -0.2) is 23.7 Å². The first-order chi connectivity index (χ1) is 17.6. The molecule has 3 aliphatic carbocycles. The average Bonchev–Trinajstić information content (AvgIpc) is 3.67. The zero-order valence-electron chi connectivity index (χ0n) is 20.3. The van der Waals surface area contributed by atoms with Gasteiger partial charge in [-0.1, -0.05) is 6.07 Å². The normalized spacial score (nSPS) is 34.8. The van der Waals surface area contributed by atoms with Crippen molar-refractivity contribution in [3.05, 3.63) is 45.6 Å². The number of fused-ring (bicyclic) bond motifs is 4. The van der Waals surface area contributed by atoms with E-state index in [0.717, 1.165) is 18.1 Å². The molecular weight excluding hydrogens is 597 g/mol. The number of ether oxygens (including phenoxy) is 2. The van der Waals surface area contributed by atoms with Crippen molar-refractivity contribution in [2.45, 2.75) is 62.7 Å². The molecule has 0 spiro atoms. The minimum Gasteiger partial charge on any atom is -0.365 e. The summed E-state index contributed by atoms with van der Waals surface area (Å²) in [5.74, 6) is -1.82. The average molecular weight is 622 g/mol. The number of aromatic nitrogens is 4. The van der Waals surface area contributed by atoms with Crippen LogP contribution in [0.1, 0.15) is 44.2 Å². The van der Waals surface area contributed by atoms with Gasteiger partial charge in [0.15, 0.2) is 38.2 Å². The molecule has 2 N–H and O–H groups in total. The Morgan fingerprint density at radius 3 is 2.78 bits per heavy atom. The molecule has 194 valence electrons. The number of hydrogen-bond donors (Lipinski definition) is 2. The van der Waals surface area contributed by atoms with Crippen molar-refractivity contribution < 1.29 is 23.0 Å². The predicted octanol–water partition coefficient (Wildman–Crippen LogP) is 3.50. The number of hydrogen-bond acceptors (Lipinski definition) is 7. The molecule has 4 aliphatic rings. The lowest BCUT2D eigenvalue weighted by molar-refractivity contribution is -0.164. The van der Waals surface area contributed by atoms with E-state index < -0.39 is 22.8 Å². The van der Waals surface area contributed by atoms with Crippen LogP contribution in [-0.4, -0.2) is 56.5 Å². The fraction of sp³-hybridized carbons (Fsp3) is 0.520. The first-order valence-electron chi connectivity index (χ1n) is 12.3. The van der Waals surface area contributed by atoms with Gasteiger partial charge in [0.25, 0.3) is 0 Å². The molecule has 1 aromatic carbocycles. The number of carbonyl (C=O) groups excluding carboxylic acids is 1. The maximum Gasteiger partial charge on any atom is 0.229 e. The number of benzene rings is 1. The molecule has 9 nitrogen and oxygen atoms in total. The fourth-order valence-electron chi connectivity index (χ4n) is 6.55. The molecule has 0 bridgehead atoms. The van der Waals surface area contributed by atoms with E-state index >= 15 is 0 Å². The molecule has 1 saturated heterocycles. The number of rotatable bonds is 5. The van der Waals surface area contributed by atoms with E-state index in [1.807, 2.05) is 18.4 Å². The Kier molecular flexibility index (Phi) is 4.98. The Morgan fingerprint density at radius 2 is 2.03 bits per heavy atom. The van der Waals surface area contributed by atoms with Crippen LogP contribution in [0.25, 0.3) is 11.2 Å². The van der Waals surface area contributed by atoms with Crippen molar-refractivity contribution in [3.8, 4) is 0 Å². The monoisotopic (exact) mass is 622 g/mol. The number of halogens is 3. The van der Waals surface area contributed by atoms with E-state index in [0.29, 0.717) is 27.2 Å². The van der Waals surface area contributed by atoms with Gasteiger partial charge >= 0.3 is 0 Å². The molecule has 4 fully saturated rings. The van der Waals surface area contributed by atoms with Gasteiger partial charge in [0.2, 0.25) is 5.91 Å². The van der Waals surface area contributed by atoms with Crippen LogP contribution in [0.5, 0.6) is 0 Å². The minimum absolute atomic E-state index is 0.0238. The number of carbonyl (C=O) groups is 1. The Bertz CT molecular complexity index is 1470. The second kappa shape index (κ2) is 7.79. The van der Waals surface area contributed by atoms with E-state index in [-0.39, 0.29) is 42.0 Å². The summed E-state index contributed by atoms with van der Waals surface area (Å²) in [6.07, 6.45) is 2.57. The molecule has 7 rings (SSSR count). The minimum atomic E-state index is -0.850. The Balaban J connectivity index is 1.22. The van der Waals surface area contributed by atoms with Crippen LogP contribution in [0.3, 0.4) is 0 Å². The largest absolute Gasteiger partial charge is 0.365 e. The molecule has 2 aromatic heterocycles. The zero-order chi connectivity index (χ0) is 25.9. The van der Waals surface area contributed by atoms with E-state index in [1.54, 1.807) is 19.4 Å². The van der Waals surface area contributed by atoms with Crippen LogP contribution in [0, 0.1) is 26.8 Å². The SMILES string of the molecule is CNC(=O)[C@@]12C[C@@H]1[C@@H](n1cnc3c(NC4CC4c4ccc(F)c(F)c4)nc(I)nc31)[C@H]1OC(C)(C)O[C@H]12. The highest BCUT2D eigenvalue weighted by Gasteiger charge is 2.79. The molecule has 3 heterocycles. The van der Waals surface area contributed by atoms with Crippen molar-refractivity contribution in [2.75, 3.05) is 12.4 Å². The summed E-state index contributed by atoms with van der Waals surface area (Å²) in [7, 11) is 1.65. The van der Waals surface area contributed by atoms with Crippen molar-refractivity contribution in [1.82, 2.24) is 24.8 Å². The lowest BCUT2D eigenvalue weighted by Crippen LogP contribution is -2.40. The number of nitrogens with one attached hydrogen (secondary N) is 2. The van der Waals surface area contributed by atoms with Crippen LogP contribution < -0.4 is 10.6 Å². The topological polar surface area (TPSA) is 103 Å². The van der Waals surface area contributed by atoms with E-state index in [9.17, 15) is 13.6 Å². The third kappa shape index (κ3) is 3.44. The number of anilines is 1. The quantitative estimate of drug-likeness (QED) is 0.332. The summed E-state index contributed by atoms with van der Waals surface area (Å²) in [6.45, 7) is 3.74. The second-order valence-corrected chi connectivity index (χ2v) is 11.8. The maximum absolute atomic E-state index is 13.7. The molecule has 1 amide bonds. The van der Waals surface area contributed by atoms with Gasteiger partial charge in [-0.2, -0.15) is 0 Å². The Morgan fingerprint density at radius 1 is 1.22 bits per heavy atom. The fourth-order valence-corrected chi connectivity index (χ4v) is 7.02. The summed E-state index contributed by atoms with van der Waals surface area (Å²) in [5, 5.41) is 6.26. The molecule has 3 aromatic rings. The van der Waals surface area contributed by atoms with Crippen molar-refractivity contribution >= 4 is 45.5 Å². The molecule has 0 radical (unpaired) electrons. The maximum atomic E-state index is 13.7. The standard InChI is InChI=1S/C25H25F2IN6O3/c1-24(2)36-18-17(12-8-25(12,19(18)37-24)22(35)29-3)34-9-30-16-20(32-23(28)33-21(16)34)31-15-7-11(15)10-4-5-13(26)14(27)6-10/h4-6,9,11-12,15,17-19H,7-8H2,1-3H3,(H,29,35)(H,31,32,33)/t11?,12-,15?,17-,18-,19-,25+/m1/s1. The first kappa shape index (κ1) is 23.7. The van der Waals surface area contributed by atoms with Crippen molar-refractivity contribution in [2.24, 2.45) is 11.3 Å². The zero-order valence-corrected chi connectivity index (χ0v) is 22.5. The van der Waals surface area contributed by atoms with Crippen LogP contribution in [-0.2, 0) is 14.3 Å². The molecule has 7 atom stereocenters. The molecule has 12 heteroatoms. The second-order valence-electron chi connectivity index (χ2n) is 10.9. The summed E-state index contributed by atoms with van der Waals surface area (Å²) < 4.78 is 42.2. The van der Waals surface area contributed by atoms with Crippen LogP contribution in [0.4, 0.5) is 14.6 Å². The molecule has 2 unspecified atom stereocenters. The first-order valence-corrected chi connectivity index (χ1v) is 13.4. The predicted molar refractivity (Wildman–Crippen MR) is 137 cm³/mol. The van der Waals surface area contributed by atoms with Gasteiger partial charge in [0, 0.05) is 47.5 Å². The van der Waals surface area contributed by atoms with Gasteiger partial charge in [0.05, 0.1) is 17.8 Å². The summed E-state index contributed by atoms with van der Waals surface area (Å²) in [4.78, 5) is 26.9. The molecule has 3 saturated carbocycles. The van der Waals surface area contributed by atoms with Gasteiger partial charge in [0.1, 0.15) is 12.2 Å². The highest BCUT2D eigenvalue weighted by molar-refractivity contribution is 14.1. The highest BCUT2D eigenvalue weighted by Crippen LogP contribution is 2.71. The Labute approximate surface area is 224 Å². The van der Waals surface area contributed by atoms with Gasteiger partial charge in [-0.15, -0.1) is 0 Å². The lowest BCUT2D eigenvalue weighted by atomic mass is 9.98. The van der Waals surface area contributed by atoms with E-state index in [2.05, 4.69) is 43.2 Å². The van der Waals surface area contributed by atoms with Crippen LogP contribution >= 0.6 is 22.6 Å².